The molecule has 0 bridgehead atoms. The largest absolute Gasteiger partial charge is 0.389 e. The molecule has 0 amide bonds. The van der Waals surface area contributed by atoms with Gasteiger partial charge in [0.25, 0.3) is 0 Å². The van der Waals surface area contributed by atoms with Gasteiger partial charge in [-0.15, -0.1) is 0 Å². The molecular weight excluding hydrogens is 273 g/mol. The lowest BCUT2D eigenvalue weighted by Gasteiger charge is -2.25. The SMILES string of the molecule is COCCN(Cc1ccccc1F)C[C@H](O)COC(C)C. The third-order valence-electron chi connectivity index (χ3n) is 3.05. The van der Waals surface area contributed by atoms with E-state index in [1.54, 1.807) is 19.2 Å². The Kier molecular flexibility index (Phi) is 8.45. The van der Waals surface area contributed by atoms with Gasteiger partial charge in [-0.25, -0.2) is 4.39 Å². The van der Waals surface area contributed by atoms with Crippen molar-refractivity contribution in [3.8, 4) is 0 Å². The molecule has 4 nitrogen and oxygen atoms in total. The minimum atomic E-state index is -0.601. The molecule has 0 heterocycles. The van der Waals surface area contributed by atoms with Crippen LogP contribution in [0.4, 0.5) is 4.39 Å². The average molecular weight is 299 g/mol. The van der Waals surface area contributed by atoms with E-state index in [0.717, 1.165) is 0 Å². The summed E-state index contributed by atoms with van der Waals surface area (Å²) in [5.41, 5.74) is 0.616. The number of nitrogens with zero attached hydrogens (tertiary/aromatic N) is 1. The summed E-state index contributed by atoms with van der Waals surface area (Å²) in [5, 5.41) is 10.0. The number of rotatable bonds is 10. The summed E-state index contributed by atoms with van der Waals surface area (Å²) in [6.07, 6.45) is -0.519. The van der Waals surface area contributed by atoms with Crippen molar-refractivity contribution >= 4 is 0 Å². The molecule has 5 heteroatoms. The van der Waals surface area contributed by atoms with Crippen LogP contribution in [0.5, 0.6) is 0 Å². The fourth-order valence-electron chi connectivity index (χ4n) is 1.98. The highest BCUT2D eigenvalue weighted by molar-refractivity contribution is 5.17. The topological polar surface area (TPSA) is 41.9 Å². The van der Waals surface area contributed by atoms with Crippen molar-refractivity contribution in [1.82, 2.24) is 4.90 Å². The fourth-order valence-corrected chi connectivity index (χ4v) is 1.98. The first-order valence-corrected chi connectivity index (χ1v) is 7.27. The Morgan fingerprint density at radius 1 is 1.29 bits per heavy atom. The number of aliphatic hydroxyl groups excluding tert-OH is 1. The van der Waals surface area contributed by atoms with Gasteiger partial charge in [-0.1, -0.05) is 18.2 Å². The maximum absolute atomic E-state index is 13.7. The molecule has 1 N–H and O–H groups in total. The summed E-state index contributed by atoms with van der Waals surface area (Å²) in [4.78, 5) is 1.97. The van der Waals surface area contributed by atoms with E-state index in [9.17, 15) is 9.50 Å². The highest BCUT2D eigenvalue weighted by atomic mass is 19.1. The Morgan fingerprint density at radius 2 is 2.00 bits per heavy atom. The summed E-state index contributed by atoms with van der Waals surface area (Å²) in [6.45, 7) is 6.15. The molecule has 0 spiro atoms. The van der Waals surface area contributed by atoms with Crippen LogP contribution in [0.1, 0.15) is 19.4 Å². The zero-order valence-corrected chi connectivity index (χ0v) is 13.1. The quantitative estimate of drug-likeness (QED) is 0.718. The van der Waals surface area contributed by atoms with Crippen molar-refractivity contribution in [2.24, 2.45) is 0 Å². The first-order chi connectivity index (χ1) is 10.0. The minimum Gasteiger partial charge on any atom is -0.389 e. The Hall–Kier alpha value is -1.01. The first kappa shape index (κ1) is 18.0. The zero-order valence-electron chi connectivity index (χ0n) is 13.1. The molecule has 0 aliphatic rings. The van der Waals surface area contributed by atoms with Gasteiger partial charge in [-0.2, -0.15) is 0 Å². The fraction of sp³-hybridized carbons (Fsp3) is 0.625. The number of hydrogen-bond donors (Lipinski definition) is 1. The van der Waals surface area contributed by atoms with E-state index in [-0.39, 0.29) is 18.5 Å². The highest BCUT2D eigenvalue weighted by Crippen LogP contribution is 2.10. The van der Waals surface area contributed by atoms with Gasteiger partial charge in [-0.3, -0.25) is 4.90 Å². The summed E-state index contributed by atoms with van der Waals surface area (Å²) in [7, 11) is 1.62. The van der Waals surface area contributed by atoms with Crippen LogP contribution in [0, 0.1) is 5.82 Å². The molecule has 0 aliphatic heterocycles. The van der Waals surface area contributed by atoms with Crippen molar-refractivity contribution in [1.29, 1.82) is 0 Å². The zero-order chi connectivity index (χ0) is 15.7. The second-order valence-corrected chi connectivity index (χ2v) is 5.36. The highest BCUT2D eigenvalue weighted by Gasteiger charge is 2.14. The predicted octanol–water partition coefficient (Wildman–Crippen LogP) is 2.06. The van der Waals surface area contributed by atoms with E-state index in [1.807, 2.05) is 24.8 Å². The molecule has 0 fully saturated rings. The molecule has 1 rings (SSSR count). The van der Waals surface area contributed by atoms with E-state index in [2.05, 4.69) is 0 Å². The average Bonchev–Trinajstić information content (AvgIpc) is 2.45. The third kappa shape index (κ3) is 7.52. The van der Waals surface area contributed by atoms with Crippen LogP contribution in [0.3, 0.4) is 0 Å². The number of aliphatic hydroxyl groups is 1. The molecular formula is C16H26FNO3. The van der Waals surface area contributed by atoms with Gasteiger partial charge in [0.05, 0.1) is 25.4 Å². The molecule has 120 valence electrons. The molecule has 0 saturated carbocycles. The summed E-state index contributed by atoms with van der Waals surface area (Å²) in [5.74, 6) is -0.229. The number of ether oxygens (including phenoxy) is 2. The number of hydrogen-bond acceptors (Lipinski definition) is 4. The van der Waals surface area contributed by atoms with E-state index >= 15 is 0 Å². The lowest BCUT2D eigenvalue weighted by atomic mass is 10.2. The summed E-state index contributed by atoms with van der Waals surface area (Å²) in [6, 6.07) is 6.68. The molecule has 1 aromatic carbocycles. The molecule has 0 unspecified atom stereocenters. The molecule has 0 aromatic heterocycles. The van der Waals surface area contributed by atoms with Gasteiger partial charge < -0.3 is 14.6 Å². The van der Waals surface area contributed by atoms with Gasteiger partial charge in [0.15, 0.2) is 0 Å². The van der Waals surface area contributed by atoms with Crippen LogP contribution >= 0.6 is 0 Å². The lowest BCUT2D eigenvalue weighted by molar-refractivity contribution is -0.0122. The molecule has 1 aromatic rings. The van der Waals surface area contributed by atoms with Gasteiger partial charge in [-0.05, 0) is 19.9 Å². The third-order valence-corrected chi connectivity index (χ3v) is 3.05. The molecule has 0 radical (unpaired) electrons. The van der Waals surface area contributed by atoms with E-state index in [1.165, 1.54) is 6.07 Å². The second-order valence-electron chi connectivity index (χ2n) is 5.36. The number of halogens is 1. The number of methoxy groups -OCH3 is 1. The Morgan fingerprint density at radius 3 is 2.62 bits per heavy atom. The first-order valence-electron chi connectivity index (χ1n) is 7.27. The van der Waals surface area contributed by atoms with Gasteiger partial charge in [0.1, 0.15) is 5.82 Å². The van der Waals surface area contributed by atoms with Crippen LogP contribution in [0.2, 0.25) is 0 Å². The molecule has 0 aliphatic carbocycles. The van der Waals surface area contributed by atoms with Gasteiger partial charge in [0.2, 0.25) is 0 Å². The maximum atomic E-state index is 13.7. The minimum absolute atomic E-state index is 0.0821. The van der Waals surface area contributed by atoms with Gasteiger partial charge in [0, 0.05) is 32.3 Å². The van der Waals surface area contributed by atoms with Crippen molar-refractivity contribution in [2.75, 3.05) is 33.4 Å². The van der Waals surface area contributed by atoms with Crippen molar-refractivity contribution < 1.29 is 19.0 Å². The van der Waals surface area contributed by atoms with Crippen LogP contribution in [-0.2, 0) is 16.0 Å². The van der Waals surface area contributed by atoms with Crippen molar-refractivity contribution in [2.45, 2.75) is 32.6 Å². The number of benzene rings is 1. The Labute approximate surface area is 126 Å². The predicted molar refractivity (Wildman–Crippen MR) is 80.6 cm³/mol. The molecule has 21 heavy (non-hydrogen) atoms. The lowest BCUT2D eigenvalue weighted by Crippen LogP contribution is -2.37. The van der Waals surface area contributed by atoms with E-state index in [0.29, 0.717) is 31.8 Å². The van der Waals surface area contributed by atoms with E-state index in [4.69, 9.17) is 9.47 Å². The Balaban J connectivity index is 2.56. The van der Waals surface area contributed by atoms with Crippen molar-refractivity contribution in [3.63, 3.8) is 0 Å². The molecule has 1 atom stereocenters. The van der Waals surface area contributed by atoms with Crippen LogP contribution < -0.4 is 0 Å². The Bertz CT molecular complexity index is 401. The second kappa shape index (κ2) is 9.84. The van der Waals surface area contributed by atoms with Crippen LogP contribution in [0.25, 0.3) is 0 Å². The van der Waals surface area contributed by atoms with Crippen LogP contribution in [0.15, 0.2) is 24.3 Å². The standard InChI is InChI=1S/C16H26FNO3/c1-13(2)21-12-15(19)11-18(8-9-20-3)10-14-6-4-5-7-16(14)17/h4-7,13,15,19H,8-12H2,1-3H3/t15-/m0/s1. The molecule has 0 saturated heterocycles. The van der Waals surface area contributed by atoms with Crippen LogP contribution in [-0.4, -0.2) is 55.6 Å². The summed E-state index contributed by atoms with van der Waals surface area (Å²) >= 11 is 0. The summed E-state index contributed by atoms with van der Waals surface area (Å²) < 4.78 is 24.2. The monoisotopic (exact) mass is 299 g/mol. The smallest absolute Gasteiger partial charge is 0.127 e. The van der Waals surface area contributed by atoms with Crippen molar-refractivity contribution in [3.05, 3.63) is 35.6 Å². The normalized spacial score (nSPS) is 13.1. The van der Waals surface area contributed by atoms with Gasteiger partial charge >= 0.3 is 0 Å². The maximum Gasteiger partial charge on any atom is 0.127 e. The van der Waals surface area contributed by atoms with E-state index < -0.39 is 6.10 Å².